The molecule has 0 bridgehead atoms. The van der Waals surface area contributed by atoms with Crippen molar-refractivity contribution in [2.45, 2.75) is 39.9 Å². The monoisotopic (exact) mass is 195 g/mol. The summed E-state index contributed by atoms with van der Waals surface area (Å²) in [5.41, 5.74) is 1.23. The Bertz CT molecular complexity index is 316. The molecular weight excluding hydrogens is 178 g/mol. The minimum Gasteiger partial charge on any atom is -0.506 e. The highest BCUT2D eigenvalue weighted by atomic mass is 16.5. The molecule has 3 heteroatoms. The molecule has 1 aromatic rings. The number of aryl methyl sites for hydroxylation is 1. The Kier molecular flexibility index (Phi) is 3.11. The summed E-state index contributed by atoms with van der Waals surface area (Å²) in [6.45, 7) is 8.14. The van der Waals surface area contributed by atoms with Crippen molar-refractivity contribution in [1.29, 1.82) is 0 Å². The lowest BCUT2D eigenvalue weighted by Crippen LogP contribution is -2.18. The second-order valence-corrected chi connectivity index (χ2v) is 4.31. The fourth-order valence-electron chi connectivity index (χ4n) is 1.02. The van der Waals surface area contributed by atoms with E-state index in [1.54, 1.807) is 19.2 Å². The van der Waals surface area contributed by atoms with Gasteiger partial charge < -0.3 is 9.84 Å². The van der Waals surface area contributed by atoms with E-state index in [1.165, 1.54) is 0 Å². The van der Waals surface area contributed by atoms with Crippen LogP contribution >= 0.6 is 0 Å². The van der Waals surface area contributed by atoms with Crippen LogP contribution in [0.2, 0.25) is 0 Å². The van der Waals surface area contributed by atoms with Crippen molar-refractivity contribution in [3.05, 3.63) is 23.5 Å². The van der Waals surface area contributed by atoms with Crippen LogP contribution in [0.25, 0.3) is 0 Å². The van der Waals surface area contributed by atoms with Crippen LogP contribution in [-0.4, -0.2) is 15.7 Å². The molecule has 0 atom stereocenters. The van der Waals surface area contributed by atoms with Crippen LogP contribution in [0.1, 0.15) is 32.0 Å². The summed E-state index contributed by atoms with van der Waals surface area (Å²) in [5, 5.41) is 9.65. The molecule has 0 saturated heterocycles. The third-order valence-electron chi connectivity index (χ3n) is 1.85. The van der Waals surface area contributed by atoms with E-state index in [1.807, 2.05) is 20.8 Å². The van der Waals surface area contributed by atoms with Crippen molar-refractivity contribution in [3.8, 4) is 5.75 Å². The van der Waals surface area contributed by atoms with Gasteiger partial charge in [0.1, 0.15) is 5.75 Å². The lowest BCUT2D eigenvalue weighted by Gasteiger charge is -2.20. The fraction of sp³-hybridized carbons (Fsp3) is 0.545. The Balaban J connectivity index is 2.73. The van der Waals surface area contributed by atoms with Crippen LogP contribution in [0.4, 0.5) is 0 Å². The van der Waals surface area contributed by atoms with E-state index in [-0.39, 0.29) is 11.4 Å². The lowest BCUT2D eigenvalue weighted by atomic mass is 10.1. The summed E-state index contributed by atoms with van der Waals surface area (Å²) in [5.74, 6) is 0.233. The van der Waals surface area contributed by atoms with E-state index in [9.17, 15) is 5.11 Å². The molecule has 0 unspecified atom stereocenters. The maximum atomic E-state index is 9.65. The summed E-state index contributed by atoms with van der Waals surface area (Å²) < 4.78 is 5.56. The smallest absolute Gasteiger partial charge is 0.142 e. The van der Waals surface area contributed by atoms with E-state index in [2.05, 4.69) is 4.98 Å². The quantitative estimate of drug-likeness (QED) is 0.788. The molecule has 14 heavy (non-hydrogen) atoms. The fourth-order valence-corrected chi connectivity index (χ4v) is 1.02. The van der Waals surface area contributed by atoms with E-state index >= 15 is 0 Å². The summed E-state index contributed by atoms with van der Waals surface area (Å²) in [6.07, 6.45) is 1.68. The maximum Gasteiger partial charge on any atom is 0.142 e. The van der Waals surface area contributed by atoms with E-state index in [0.717, 1.165) is 5.56 Å². The van der Waals surface area contributed by atoms with Crippen molar-refractivity contribution in [3.63, 3.8) is 0 Å². The van der Waals surface area contributed by atoms with Gasteiger partial charge in [-0.25, -0.2) is 0 Å². The Morgan fingerprint density at radius 1 is 1.43 bits per heavy atom. The Morgan fingerprint density at radius 2 is 2.07 bits per heavy atom. The van der Waals surface area contributed by atoms with Gasteiger partial charge in [-0.15, -0.1) is 0 Å². The molecular formula is C11H17NO2. The third-order valence-corrected chi connectivity index (χ3v) is 1.85. The summed E-state index contributed by atoms with van der Waals surface area (Å²) >= 11 is 0. The van der Waals surface area contributed by atoms with Crippen molar-refractivity contribution in [2.75, 3.05) is 0 Å². The van der Waals surface area contributed by atoms with Crippen molar-refractivity contribution < 1.29 is 9.84 Å². The number of ether oxygens (including phenoxy) is 1. The normalized spacial score (nSPS) is 11.7. The van der Waals surface area contributed by atoms with Crippen LogP contribution in [0.15, 0.2) is 12.3 Å². The number of hydrogen-bond acceptors (Lipinski definition) is 3. The molecule has 0 saturated carbocycles. The van der Waals surface area contributed by atoms with Gasteiger partial charge >= 0.3 is 0 Å². The van der Waals surface area contributed by atoms with Crippen LogP contribution in [0, 0.1) is 6.92 Å². The molecule has 0 spiro atoms. The molecule has 0 radical (unpaired) electrons. The van der Waals surface area contributed by atoms with Crippen LogP contribution in [0.3, 0.4) is 0 Å². The first-order valence-corrected chi connectivity index (χ1v) is 4.67. The van der Waals surface area contributed by atoms with E-state index < -0.39 is 0 Å². The molecule has 1 heterocycles. The van der Waals surface area contributed by atoms with Crippen LogP contribution < -0.4 is 0 Å². The molecule has 1 N–H and O–H groups in total. The second kappa shape index (κ2) is 3.96. The van der Waals surface area contributed by atoms with Gasteiger partial charge in [0, 0.05) is 11.8 Å². The zero-order chi connectivity index (χ0) is 10.8. The molecule has 0 amide bonds. The number of rotatable bonds is 2. The minimum atomic E-state index is -0.191. The first-order valence-electron chi connectivity index (χ1n) is 4.67. The highest BCUT2D eigenvalue weighted by Crippen LogP contribution is 2.21. The Labute approximate surface area is 84.7 Å². The molecule has 1 rings (SSSR count). The molecule has 0 aromatic carbocycles. The van der Waals surface area contributed by atoms with Gasteiger partial charge in [0.2, 0.25) is 0 Å². The predicted octanol–water partition coefficient (Wildman–Crippen LogP) is 2.41. The van der Waals surface area contributed by atoms with E-state index in [4.69, 9.17) is 4.74 Å². The van der Waals surface area contributed by atoms with Crippen molar-refractivity contribution in [1.82, 2.24) is 4.98 Å². The third kappa shape index (κ3) is 3.00. The molecule has 0 aliphatic carbocycles. The Morgan fingerprint density at radius 3 is 2.64 bits per heavy atom. The first kappa shape index (κ1) is 11.0. The molecule has 1 aromatic heterocycles. The van der Waals surface area contributed by atoms with Gasteiger partial charge in [-0.05, 0) is 33.8 Å². The van der Waals surface area contributed by atoms with Crippen LogP contribution in [0.5, 0.6) is 5.75 Å². The zero-order valence-corrected chi connectivity index (χ0v) is 9.16. The predicted molar refractivity (Wildman–Crippen MR) is 55.2 cm³/mol. The largest absolute Gasteiger partial charge is 0.506 e. The number of aromatic nitrogens is 1. The topological polar surface area (TPSA) is 42.4 Å². The zero-order valence-electron chi connectivity index (χ0n) is 9.16. The maximum absolute atomic E-state index is 9.65. The number of aromatic hydroxyl groups is 1. The SMILES string of the molecule is Cc1nccc(COC(C)(C)C)c1O. The number of hydrogen-bond donors (Lipinski definition) is 1. The average Bonchev–Trinajstić information content (AvgIpc) is 2.06. The van der Waals surface area contributed by atoms with Crippen LogP contribution in [-0.2, 0) is 11.3 Å². The number of pyridine rings is 1. The van der Waals surface area contributed by atoms with E-state index in [0.29, 0.717) is 12.3 Å². The molecule has 0 fully saturated rings. The molecule has 3 nitrogen and oxygen atoms in total. The highest BCUT2D eigenvalue weighted by Gasteiger charge is 2.12. The van der Waals surface area contributed by atoms with Gasteiger partial charge in [0.05, 0.1) is 17.9 Å². The van der Waals surface area contributed by atoms with Crippen molar-refractivity contribution in [2.24, 2.45) is 0 Å². The highest BCUT2D eigenvalue weighted by molar-refractivity contribution is 5.33. The summed E-state index contributed by atoms with van der Waals surface area (Å²) in [4.78, 5) is 3.98. The average molecular weight is 195 g/mol. The van der Waals surface area contributed by atoms with Crippen molar-refractivity contribution >= 4 is 0 Å². The minimum absolute atomic E-state index is 0.191. The molecule has 78 valence electrons. The first-order chi connectivity index (χ1) is 6.40. The van der Waals surface area contributed by atoms with Gasteiger partial charge in [-0.2, -0.15) is 0 Å². The molecule has 0 aliphatic heterocycles. The Hall–Kier alpha value is -1.09. The van der Waals surface area contributed by atoms with Gasteiger partial charge in [-0.1, -0.05) is 0 Å². The molecule has 0 aliphatic rings. The summed E-state index contributed by atoms with van der Waals surface area (Å²) in [6, 6.07) is 1.77. The number of nitrogens with zero attached hydrogens (tertiary/aromatic N) is 1. The summed E-state index contributed by atoms with van der Waals surface area (Å²) in [7, 11) is 0. The lowest BCUT2D eigenvalue weighted by molar-refractivity contribution is -0.0157. The van der Waals surface area contributed by atoms with Gasteiger partial charge in [-0.3, -0.25) is 4.98 Å². The standard InChI is InChI=1S/C11H17NO2/c1-8-10(13)9(5-6-12-8)7-14-11(2,3)4/h5-6,13H,7H2,1-4H3. The second-order valence-electron chi connectivity index (χ2n) is 4.31. The van der Waals surface area contributed by atoms with Gasteiger partial charge in [0.25, 0.3) is 0 Å². The van der Waals surface area contributed by atoms with Gasteiger partial charge in [0.15, 0.2) is 0 Å².